The van der Waals surface area contributed by atoms with Gasteiger partial charge in [0.05, 0.1) is 0 Å². The summed E-state index contributed by atoms with van der Waals surface area (Å²) < 4.78 is 0. The largest absolute Gasteiger partial charge is 0.269 e. The van der Waals surface area contributed by atoms with Crippen molar-refractivity contribution < 1.29 is 0 Å². The topological polar surface area (TPSA) is 26.5 Å². The molecule has 0 bridgehead atoms. The predicted molar refractivity (Wildman–Crippen MR) is 23.3 cm³/mol. The van der Waals surface area contributed by atoms with Crippen LogP contribution in [0.4, 0.5) is 0 Å². The van der Waals surface area contributed by atoms with Crippen LogP contribution < -0.4 is 5.32 Å². The summed E-state index contributed by atoms with van der Waals surface area (Å²) in [6.45, 7) is 0.576. The normalized spacial score (nSPS) is 17.3. The first-order valence-electron chi connectivity index (χ1n) is 1.73. The summed E-state index contributed by atoms with van der Waals surface area (Å²) in [6.07, 6.45) is 5.94. The Morgan fingerprint density at radius 1 is 1.67 bits per heavy atom. The number of hydrogen-bond donors (Lipinski definition) is 0. The zero-order chi connectivity index (χ0) is 4.24. The Kier molecular flexibility index (Phi) is 0.906. The first kappa shape index (κ1) is 3.40. The highest BCUT2D eigenvalue weighted by molar-refractivity contribution is 5.66. The van der Waals surface area contributed by atoms with Crippen molar-refractivity contribution in [1.29, 1.82) is 0 Å². The minimum Gasteiger partial charge on any atom is -0.269 e. The molecule has 0 amide bonds. The molecule has 2 radical (unpaired) electrons. The van der Waals surface area contributed by atoms with Crippen LogP contribution in [0.15, 0.2) is 11.2 Å². The lowest BCUT2D eigenvalue weighted by Crippen LogP contribution is -1.98. The molecule has 0 unspecified atom stereocenters. The highest BCUT2D eigenvalue weighted by Crippen LogP contribution is 1.73. The first-order valence-corrected chi connectivity index (χ1v) is 1.73. The first-order chi connectivity index (χ1) is 3.00. The molecule has 0 atom stereocenters. The zero-order valence-electron chi connectivity index (χ0n) is 3.26. The van der Waals surface area contributed by atoms with Crippen molar-refractivity contribution in [3.63, 3.8) is 0 Å². The molecule has 0 fully saturated rings. The lowest BCUT2D eigenvalue weighted by molar-refractivity contribution is 0.859. The Morgan fingerprint density at radius 3 is 2.83 bits per heavy atom. The van der Waals surface area contributed by atoms with E-state index in [1.165, 1.54) is 0 Å². The van der Waals surface area contributed by atoms with Gasteiger partial charge in [0.25, 0.3) is 0 Å². The van der Waals surface area contributed by atoms with E-state index in [1.54, 1.807) is 12.4 Å². The summed E-state index contributed by atoms with van der Waals surface area (Å²) in [4.78, 5) is 3.74. The number of rotatable bonds is 0. The van der Waals surface area contributed by atoms with E-state index in [9.17, 15) is 0 Å². The van der Waals surface area contributed by atoms with Crippen LogP contribution in [0.5, 0.6) is 0 Å². The third kappa shape index (κ3) is 0.578. The van der Waals surface area contributed by atoms with Gasteiger partial charge in [-0.3, -0.25) is 10.3 Å². The molecule has 0 saturated heterocycles. The van der Waals surface area contributed by atoms with E-state index in [0.29, 0.717) is 6.67 Å². The van der Waals surface area contributed by atoms with Gasteiger partial charge in [-0.1, -0.05) is 0 Å². The molecule has 2 heteroatoms. The fourth-order valence-corrected chi connectivity index (χ4v) is 0.268. The van der Waals surface area contributed by atoms with Crippen LogP contribution in [0.3, 0.4) is 0 Å². The van der Waals surface area contributed by atoms with Crippen LogP contribution >= 0.6 is 0 Å². The molecule has 0 saturated carbocycles. The quantitative estimate of drug-likeness (QED) is 0.390. The standard InChI is InChI=1S/C4H4N2/c1-2-5-4-6-3-1/h2-3H,4H2. The van der Waals surface area contributed by atoms with Crippen LogP contribution in [-0.4, -0.2) is 12.9 Å². The maximum Gasteiger partial charge on any atom is 0.129 e. The Labute approximate surface area is 36.6 Å². The van der Waals surface area contributed by atoms with Crippen LogP contribution in [0, 0.1) is 6.08 Å². The Morgan fingerprint density at radius 2 is 2.67 bits per heavy atom. The second kappa shape index (κ2) is 1.60. The molecule has 6 heavy (non-hydrogen) atoms. The monoisotopic (exact) mass is 80.0 g/mol. The average Bonchev–Trinajstić information content (AvgIpc) is 1.72. The van der Waals surface area contributed by atoms with Crippen LogP contribution in [0.2, 0.25) is 0 Å². The van der Waals surface area contributed by atoms with Gasteiger partial charge in [-0.05, 0) is 0 Å². The molecule has 1 rings (SSSR count). The van der Waals surface area contributed by atoms with Gasteiger partial charge in [0.1, 0.15) is 6.67 Å². The van der Waals surface area contributed by atoms with Gasteiger partial charge in [0.2, 0.25) is 0 Å². The predicted octanol–water partition coefficient (Wildman–Crippen LogP) is -0.0504. The Bertz CT molecular complexity index is 71.5. The van der Waals surface area contributed by atoms with Crippen LogP contribution in [0.25, 0.3) is 0 Å². The van der Waals surface area contributed by atoms with Crippen LogP contribution in [0.1, 0.15) is 0 Å². The molecule has 30 valence electrons. The Hall–Kier alpha value is -0.790. The van der Waals surface area contributed by atoms with Gasteiger partial charge >= 0.3 is 0 Å². The van der Waals surface area contributed by atoms with E-state index in [4.69, 9.17) is 0 Å². The lowest BCUT2D eigenvalue weighted by Gasteiger charge is -1.89. The van der Waals surface area contributed by atoms with E-state index in [0.717, 1.165) is 0 Å². The van der Waals surface area contributed by atoms with Gasteiger partial charge in [0, 0.05) is 18.5 Å². The van der Waals surface area contributed by atoms with Crippen LogP contribution in [-0.2, 0) is 0 Å². The van der Waals surface area contributed by atoms with Crippen molar-refractivity contribution in [3.05, 3.63) is 12.3 Å². The van der Waals surface area contributed by atoms with E-state index in [2.05, 4.69) is 16.4 Å². The van der Waals surface area contributed by atoms with Gasteiger partial charge in [-0.25, -0.2) is 0 Å². The van der Waals surface area contributed by atoms with E-state index in [-0.39, 0.29) is 0 Å². The van der Waals surface area contributed by atoms with E-state index in [1.807, 2.05) is 0 Å². The third-order valence-electron chi connectivity index (χ3n) is 0.495. The summed E-state index contributed by atoms with van der Waals surface area (Å²) >= 11 is 0. The average molecular weight is 80.1 g/mol. The molecule has 0 aromatic rings. The molecule has 1 aliphatic rings. The van der Waals surface area contributed by atoms with Crippen molar-refractivity contribution in [2.75, 3.05) is 6.67 Å². The lowest BCUT2D eigenvalue weighted by atomic mass is 10.6. The van der Waals surface area contributed by atoms with Crippen molar-refractivity contribution >= 4 is 6.21 Å². The number of hydrogen-bond acceptors (Lipinski definition) is 1. The smallest absolute Gasteiger partial charge is 0.129 e. The van der Waals surface area contributed by atoms with Gasteiger partial charge < -0.3 is 0 Å². The third-order valence-corrected chi connectivity index (χ3v) is 0.495. The summed E-state index contributed by atoms with van der Waals surface area (Å²) in [5.74, 6) is 0. The molecular formula is C4H4N2. The Balaban J connectivity index is 2.46. The molecule has 0 aromatic carbocycles. The second-order valence-electron chi connectivity index (χ2n) is 0.931. The minimum atomic E-state index is 0.576. The fourth-order valence-electron chi connectivity index (χ4n) is 0.268. The summed E-state index contributed by atoms with van der Waals surface area (Å²) in [5.41, 5.74) is 0. The maximum atomic E-state index is 3.74. The molecule has 2 nitrogen and oxygen atoms in total. The fraction of sp³-hybridized carbons (Fsp3) is 0.250. The zero-order valence-corrected chi connectivity index (χ0v) is 3.26. The number of nitrogens with zero attached hydrogens (tertiary/aromatic N) is 2. The van der Waals surface area contributed by atoms with Crippen molar-refractivity contribution in [2.24, 2.45) is 4.99 Å². The van der Waals surface area contributed by atoms with Gasteiger partial charge in [-0.15, -0.1) is 0 Å². The maximum absolute atomic E-state index is 3.74. The summed E-state index contributed by atoms with van der Waals surface area (Å²) in [5, 5.41) is 3.74. The van der Waals surface area contributed by atoms with Crippen molar-refractivity contribution in [2.45, 2.75) is 0 Å². The number of aliphatic imine (C=N–C) groups is 1. The highest BCUT2D eigenvalue weighted by Gasteiger charge is 1.77. The molecular weight excluding hydrogens is 76.1 g/mol. The van der Waals surface area contributed by atoms with Gasteiger partial charge in [-0.2, -0.15) is 0 Å². The van der Waals surface area contributed by atoms with Crippen molar-refractivity contribution in [3.8, 4) is 0 Å². The minimum absolute atomic E-state index is 0.576. The molecule has 0 aromatic heterocycles. The van der Waals surface area contributed by atoms with E-state index < -0.39 is 0 Å². The molecule has 1 aliphatic heterocycles. The molecule has 0 aliphatic carbocycles. The second-order valence-corrected chi connectivity index (χ2v) is 0.931. The number of allylic oxidation sites excluding steroid dienone is 1. The van der Waals surface area contributed by atoms with Gasteiger partial charge in [0.15, 0.2) is 0 Å². The van der Waals surface area contributed by atoms with E-state index >= 15 is 0 Å². The summed E-state index contributed by atoms with van der Waals surface area (Å²) in [6, 6.07) is 0. The highest BCUT2D eigenvalue weighted by atomic mass is 15.0. The van der Waals surface area contributed by atoms with Crippen molar-refractivity contribution in [1.82, 2.24) is 5.32 Å². The molecule has 1 heterocycles. The molecule has 0 spiro atoms. The molecule has 0 N–H and O–H groups in total. The summed E-state index contributed by atoms with van der Waals surface area (Å²) in [7, 11) is 0. The SMILES string of the molecule is [C]1=C[N]CN=C1.